The standard InChI is InChI=1S/C16H26N4O/c1-17-8-5-6-16(21)19-13-14-7-9-18-15(12-14)20-10-3-2-4-11-20/h7,9,12,17H,2-6,8,10-11,13H2,1H3,(H,19,21). The predicted molar refractivity (Wildman–Crippen MR) is 85.3 cm³/mol. The van der Waals surface area contributed by atoms with E-state index in [-0.39, 0.29) is 5.91 Å². The summed E-state index contributed by atoms with van der Waals surface area (Å²) >= 11 is 0. The molecule has 0 saturated carbocycles. The zero-order valence-corrected chi connectivity index (χ0v) is 12.9. The zero-order valence-electron chi connectivity index (χ0n) is 12.9. The number of rotatable bonds is 7. The van der Waals surface area contributed by atoms with E-state index >= 15 is 0 Å². The molecule has 5 heteroatoms. The lowest BCUT2D eigenvalue weighted by Crippen LogP contribution is -2.30. The number of pyridine rings is 1. The summed E-state index contributed by atoms with van der Waals surface area (Å²) in [5, 5.41) is 6.02. The van der Waals surface area contributed by atoms with Gasteiger partial charge in [-0.15, -0.1) is 0 Å². The van der Waals surface area contributed by atoms with Gasteiger partial charge in [-0.3, -0.25) is 4.79 Å². The molecule has 116 valence electrons. The van der Waals surface area contributed by atoms with Crippen molar-refractivity contribution in [1.29, 1.82) is 0 Å². The number of nitrogens with one attached hydrogen (secondary N) is 2. The van der Waals surface area contributed by atoms with Crippen LogP contribution in [0.4, 0.5) is 5.82 Å². The Morgan fingerprint density at radius 2 is 2.14 bits per heavy atom. The molecule has 1 aliphatic heterocycles. The molecule has 0 aliphatic carbocycles. The Balaban J connectivity index is 1.81. The smallest absolute Gasteiger partial charge is 0.220 e. The Morgan fingerprint density at radius 3 is 2.90 bits per heavy atom. The first kappa shape index (κ1) is 15.8. The average molecular weight is 290 g/mol. The van der Waals surface area contributed by atoms with E-state index in [0.717, 1.165) is 37.4 Å². The van der Waals surface area contributed by atoms with Crippen molar-refractivity contribution >= 4 is 11.7 Å². The third-order valence-corrected chi connectivity index (χ3v) is 3.81. The van der Waals surface area contributed by atoms with E-state index < -0.39 is 0 Å². The third kappa shape index (κ3) is 5.34. The van der Waals surface area contributed by atoms with Crippen LogP contribution < -0.4 is 15.5 Å². The fourth-order valence-electron chi connectivity index (χ4n) is 2.58. The van der Waals surface area contributed by atoms with Gasteiger partial charge in [0.1, 0.15) is 5.82 Å². The van der Waals surface area contributed by atoms with Crippen LogP contribution in [0, 0.1) is 0 Å². The number of hydrogen-bond donors (Lipinski definition) is 2. The van der Waals surface area contributed by atoms with Crippen molar-refractivity contribution in [3.63, 3.8) is 0 Å². The van der Waals surface area contributed by atoms with Crippen LogP contribution in [0.25, 0.3) is 0 Å². The summed E-state index contributed by atoms with van der Waals surface area (Å²) in [5.41, 5.74) is 1.12. The van der Waals surface area contributed by atoms with Gasteiger partial charge in [-0.2, -0.15) is 0 Å². The van der Waals surface area contributed by atoms with Gasteiger partial charge in [-0.25, -0.2) is 4.98 Å². The highest BCUT2D eigenvalue weighted by atomic mass is 16.1. The van der Waals surface area contributed by atoms with Crippen molar-refractivity contribution in [3.8, 4) is 0 Å². The van der Waals surface area contributed by atoms with E-state index in [9.17, 15) is 4.79 Å². The Kier molecular flexibility index (Phi) is 6.47. The monoisotopic (exact) mass is 290 g/mol. The first-order valence-corrected chi connectivity index (χ1v) is 7.91. The van der Waals surface area contributed by atoms with E-state index in [2.05, 4.69) is 26.6 Å². The molecule has 1 fully saturated rings. The second-order valence-corrected chi connectivity index (χ2v) is 5.55. The number of amides is 1. The molecule has 0 aromatic carbocycles. The van der Waals surface area contributed by atoms with Crippen molar-refractivity contribution in [1.82, 2.24) is 15.6 Å². The van der Waals surface area contributed by atoms with E-state index in [1.54, 1.807) is 0 Å². The highest BCUT2D eigenvalue weighted by Gasteiger charge is 2.12. The van der Waals surface area contributed by atoms with Crippen molar-refractivity contribution in [3.05, 3.63) is 23.9 Å². The number of carbonyl (C=O) groups is 1. The summed E-state index contributed by atoms with van der Waals surface area (Å²) in [7, 11) is 1.90. The van der Waals surface area contributed by atoms with Crippen LogP contribution in [0.2, 0.25) is 0 Å². The van der Waals surface area contributed by atoms with Crippen LogP contribution in [0.1, 0.15) is 37.7 Å². The van der Waals surface area contributed by atoms with Gasteiger partial charge in [0.25, 0.3) is 0 Å². The van der Waals surface area contributed by atoms with Gasteiger partial charge < -0.3 is 15.5 Å². The fraction of sp³-hybridized carbons (Fsp3) is 0.625. The van der Waals surface area contributed by atoms with Gasteiger partial charge in [0, 0.05) is 32.3 Å². The van der Waals surface area contributed by atoms with E-state index in [1.807, 2.05) is 19.3 Å². The Labute approximate surface area is 127 Å². The third-order valence-electron chi connectivity index (χ3n) is 3.81. The first-order valence-electron chi connectivity index (χ1n) is 7.91. The van der Waals surface area contributed by atoms with Crippen molar-refractivity contribution in [2.75, 3.05) is 31.6 Å². The van der Waals surface area contributed by atoms with Gasteiger partial charge in [0.05, 0.1) is 0 Å². The molecule has 0 atom stereocenters. The average Bonchev–Trinajstić information content (AvgIpc) is 2.54. The minimum atomic E-state index is 0.113. The number of anilines is 1. The lowest BCUT2D eigenvalue weighted by molar-refractivity contribution is -0.121. The molecule has 2 heterocycles. The molecule has 1 aliphatic rings. The molecule has 5 nitrogen and oxygen atoms in total. The minimum absolute atomic E-state index is 0.113. The molecule has 2 N–H and O–H groups in total. The van der Waals surface area contributed by atoms with Crippen molar-refractivity contribution in [2.45, 2.75) is 38.6 Å². The Hall–Kier alpha value is -1.62. The van der Waals surface area contributed by atoms with E-state index in [0.29, 0.717) is 13.0 Å². The molecule has 1 aromatic heterocycles. The number of piperidine rings is 1. The molecule has 0 bridgehead atoms. The van der Waals surface area contributed by atoms with Gasteiger partial charge in [-0.1, -0.05) is 0 Å². The van der Waals surface area contributed by atoms with Gasteiger partial charge in [-0.05, 0) is 57.0 Å². The largest absolute Gasteiger partial charge is 0.357 e. The molecule has 2 rings (SSSR count). The quantitative estimate of drug-likeness (QED) is 0.750. The lowest BCUT2D eigenvalue weighted by Gasteiger charge is -2.27. The number of hydrogen-bond acceptors (Lipinski definition) is 4. The summed E-state index contributed by atoms with van der Waals surface area (Å²) in [6, 6.07) is 4.07. The summed E-state index contributed by atoms with van der Waals surface area (Å²) < 4.78 is 0. The molecule has 0 radical (unpaired) electrons. The highest BCUT2D eigenvalue weighted by molar-refractivity contribution is 5.75. The molecule has 21 heavy (non-hydrogen) atoms. The van der Waals surface area contributed by atoms with Crippen LogP contribution in [0.5, 0.6) is 0 Å². The van der Waals surface area contributed by atoms with Crippen molar-refractivity contribution < 1.29 is 4.79 Å². The molecule has 1 amide bonds. The maximum atomic E-state index is 11.7. The number of aromatic nitrogens is 1. The van der Waals surface area contributed by atoms with E-state index in [4.69, 9.17) is 0 Å². The molecule has 0 spiro atoms. The summed E-state index contributed by atoms with van der Waals surface area (Å²) in [5.74, 6) is 1.15. The predicted octanol–water partition coefficient (Wildman–Crippen LogP) is 1.69. The van der Waals surface area contributed by atoms with E-state index in [1.165, 1.54) is 19.3 Å². The van der Waals surface area contributed by atoms with Crippen molar-refractivity contribution in [2.24, 2.45) is 0 Å². The Morgan fingerprint density at radius 1 is 1.33 bits per heavy atom. The molecular formula is C16H26N4O. The lowest BCUT2D eigenvalue weighted by atomic mass is 10.1. The topological polar surface area (TPSA) is 57.3 Å². The molecule has 0 unspecified atom stereocenters. The molecular weight excluding hydrogens is 264 g/mol. The zero-order chi connectivity index (χ0) is 14.9. The maximum Gasteiger partial charge on any atom is 0.220 e. The number of nitrogens with zero attached hydrogens (tertiary/aromatic N) is 2. The summed E-state index contributed by atoms with van der Waals surface area (Å²) in [6.45, 7) is 3.64. The van der Waals surface area contributed by atoms with Gasteiger partial charge in [0.15, 0.2) is 0 Å². The minimum Gasteiger partial charge on any atom is -0.357 e. The highest BCUT2D eigenvalue weighted by Crippen LogP contribution is 2.18. The van der Waals surface area contributed by atoms with Crippen LogP contribution in [-0.4, -0.2) is 37.6 Å². The fourth-order valence-corrected chi connectivity index (χ4v) is 2.58. The molecule has 1 saturated heterocycles. The first-order chi connectivity index (χ1) is 10.3. The van der Waals surface area contributed by atoms with Crippen LogP contribution >= 0.6 is 0 Å². The van der Waals surface area contributed by atoms with Gasteiger partial charge >= 0.3 is 0 Å². The normalized spacial score (nSPS) is 15.0. The number of carbonyl (C=O) groups excluding carboxylic acids is 1. The second kappa shape index (κ2) is 8.62. The Bertz CT molecular complexity index is 444. The molecule has 1 aromatic rings. The maximum absolute atomic E-state index is 11.7. The second-order valence-electron chi connectivity index (χ2n) is 5.55. The summed E-state index contributed by atoms with van der Waals surface area (Å²) in [6.07, 6.45) is 7.09. The van der Waals surface area contributed by atoms with Crippen LogP contribution in [0.15, 0.2) is 18.3 Å². The van der Waals surface area contributed by atoms with Crippen LogP contribution in [0.3, 0.4) is 0 Å². The summed E-state index contributed by atoms with van der Waals surface area (Å²) in [4.78, 5) is 18.5. The van der Waals surface area contributed by atoms with Gasteiger partial charge in [0.2, 0.25) is 5.91 Å². The SMILES string of the molecule is CNCCCC(=O)NCc1ccnc(N2CCCCC2)c1. The van der Waals surface area contributed by atoms with Crippen LogP contribution in [-0.2, 0) is 11.3 Å².